The molecule has 0 aliphatic rings. The molecule has 290 valence electrons. The Labute approximate surface area is 288 Å². The highest BCUT2D eigenvalue weighted by molar-refractivity contribution is 5.74. The second-order valence-electron chi connectivity index (χ2n) is 9.86. The smallest absolute Gasteiger partial charge is 0.322 e. The number of ether oxygens (including phenoxy) is 1. The van der Waals surface area contributed by atoms with Gasteiger partial charge >= 0.3 is 35.8 Å². The molecule has 0 rings (SSSR count). The summed E-state index contributed by atoms with van der Waals surface area (Å²) in [4.78, 5) is 67.9. The Balaban J connectivity index is -0.000000114. The Bertz CT molecular complexity index is 889. The summed E-state index contributed by atoms with van der Waals surface area (Å²) < 4.78 is 4.49. The lowest BCUT2D eigenvalue weighted by Gasteiger charge is -2.06. The molecule has 0 radical (unpaired) electrons. The zero-order chi connectivity index (χ0) is 40.1. The van der Waals surface area contributed by atoms with Gasteiger partial charge in [-0.25, -0.2) is 0 Å². The number of carbonyl (C=O) groups is 6. The second kappa shape index (κ2) is 40.1. The molecule has 0 heterocycles. The van der Waals surface area contributed by atoms with Gasteiger partial charge in [0.15, 0.2) is 0 Å². The molecule has 0 spiro atoms. The van der Waals surface area contributed by atoms with Gasteiger partial charge < -0.3 is 63.8 Å². The first-order valence-corrected chi connectivity index (χ1v) is 14.9. The molecule has 0 aliphatic heterocycles. The van der Waals surface area contributed by atoms with Crippen LogP contribution in [0.25, 0.3) is 0 Å². The lowest BCUT2D eigenvalue weighted by Crippen LogP contribution is -2.37. The van der Waals surface area contributed by atoms with Crippen LogP contribution in [0, 0.1) is 23.7 Å². The van der Waals surface area contributed by atoms with Crippen LogP contribution in [0.15, 0.2) is 9.98 Å². The number of carboxylic acids is 5. The van der Waals surface area contributed by atoms with Crippen LogP contribution in [-0.4, -0.2) is 146 Å². The number of carbonyl (C=O) groups excluding carboxylic acids is 1. The van der Waals surface area contributed by atoms with Crippen LogP contribution in [0.1, 0.15) is 41.5 Å². The van der Waals surface area contributed by atoms with Crippen molar-refractivity contribution in [3.05, 3.63) is 0 Å². The Hall–Kier alpha value is -4.08. The van der Waals surface area contributed by atoms with E-state index in [4.69, 9.17) is 48.5 Å². The third kappa shape index (κ3) is 48.4. The molecule has 0 aliphatic carbocycles. The number of carboxylic acid groups (broad SMARTS) is 5. The first-order valence-electron chi connectivity index (χ1n) is 14.9. The van der Waals surface area contributed by atoms with Gasteiger partial charge in [0.2, 0.25) is 0 Å². The number of methoxy groups -OCH3 is 1. The number of aliphatic imine (C=N–C) groups is 2. The van der Waals surface area contributed by atoms with E-state index in [1.54, 1.807) is 54.9 Å². The van der Waals surface area contributed by atoms with Crippen molar-refractivity contribution >= 4 is 48.2 Å². The summed E-state index contributed by atoms with van der Waals surface area (Å²) in [5.74, 6) is -5.68. The van der Waals surface area contributed by atoms with Gasteiger partial charge in [0.05, 0.1) is 43.9 Å². The van der Waals surface area contributed by atoms with Crippen LogP contribution < -0.4 is 33.6 Å². The Morgan fingerprint density at radius 2 is 0.980 bits per heavy atom. The van der Waals surface area contributed by atoms with Crippen molar-refractivity contribution in [1.82, 2.24) is 10.6 Å². The highest BCUT2D eigenvalue weighted by Crippen LogP contribution is 1.94. The molecule has 0 aromatic carbocycles. The average Bonchev–Trinajstić information content (AvgIpc) is 3.06. The highest BCUT2D eigenvalue weighted by atomic mass is 16.5. The number of hydrogen-bond donors (Lipinski definition) is 11. The largest absolute Gasteiger partial charge is 0.481 e. The summed E-state index contributed by atoms with van der Waals surface area (Å²) in [7, 11) is 4.94. The van der Waals surface area contributed by atoms with Gasteiger partial charge in [-0.1, -0.05) is 27.7 Å². The second-order valence-corrected chi connectivity index (χ2v) is 9.86. The molecule has 0 saturated heterocycles. The molecule has 0 saturated carbocycles. The van der Waals surface area contributed by atoms with Gasteiger partial charge in [0.25, 0.3) is 0 Å². The van der Waals surface area contributed by atoms with Gasteiger partial charge in [-0.05, 0) is 40.4 Å². The maximum atomic E-state index is 10.6. The Morgan fingerprint density at radius 1 is 0.612 bits per heavy atom. The summed E-state index contributed by atoms with van der Waals surface area (Å²) in [6, 6.07) is -1.76. The third-order valence-corrected chi connectivity index (χ3v) is 5.18. The van der Waals surface area contributed by atoms with E-state index in [1.165, 1.54) is 13.3 Å². The number of rotatable bonds is 16. The summed E-state index contributed by atoms with van der Waals surface area (Å²) in [6.07, 6.45) is 3.14. The van der Waals surface area contributed by atoms with Gasteiger partial charge in [-0.3, -0.25) is 38.8 Å². The average molecular weight is 715 g/mol. The standard InChI is InChI=1S/C6H13NO2.C6H11NO2.C5H10N2O2.C5H11NO2.C4H9NO2.C3H8N2O2/c1-5(4-7-2)6(8)9-3;1-3-7-4-5(2)6(8)9;1-2-7-3-4(6)5(8)9;1-4(3-6-2)5(7)8;1-3(2-5)4(6)7;4-1-2(5)3(6)7/h5,7H,4H2,1-3H3;3,5H,4H2,1-2H3,(H,8,9);2,4H,3,6H2,1H3,(H,8,9);4,6H,3H2,1-2H3,(H,7,8);3H,2,5H2,1H3,(H,6,7);2H,1,4-5H2,(H,6,7). The maximum absolute atomic E-state index is 10.6. The molecular weight excluding hydrogens is 652 g/mol. The molecule has 0 fully saturated rings. The molecule has 0 amide bonds. The fraction of sp³-hybridized carbons (Fsp3) is 0.724. The van der Waals surface area contributed by atoms with Crippen molar-refractivity contribution in [1.29, 1.82) is 0 Å². The maximum Gasteiger partial charge on any atom is 0.322 e. The van der Waals surface area contributed by atoms with E-state index in [0.717, 1.165) is 0 Å². The number of hydrogen-bond acceptors (Lipinski definition) is 15. The lowest BCUT2D eigenvalue weighted by molar-refractivity contribution is -0.145. The predicted octanol–water partition coefficient (Wildman–Crippen LogP) is -1.75. The van der Waals surface area contributed by atoms with E-state index in [9.17, 15) is 28.8 Å². The molecular formula is C29H62N8O12. The molecule has 49 heavy (non-hydrogen) atoms. The van der Waals surface area contributed by atoms with Crippen molar-refractivity contribution in [3.63, 3.8) is 0 Å². The lowest BCUT2D eigenvalue weighted by atomic mass is 10.2. The van der Waals surface area contributed by atoms with E-state index >= 15 is 0 Å². The third-order valence-electron chi connectivity index (χ3n) is 5.18. The van der Waals surface area contributed by atoms with Crippen LogP contribution >= 0.6 is 0 Å². The van der Waals surface area contributed by atoms with Crippen LogP contribution in [0.4, 0.5) is 0 Å². The summed E-state index contributed by atoms with van der Waals surface area (Å²) >= 11 is 0. The predicted molar refractivity (Wildman–Crippen MR) is 187 cm³/mol. The van der Waals surface area contributed by atoms with Crippen molar-refractivity contribution in [2.75, 3.05) is 60.5 Å². The van der Waals surface area contributed by atoms with Crippen molar-refractivity contribution < 1.29 is 59.0 Å². The van der Waals surface area contributed by atoms with Gasteiger partial charge in [-0.15, -0.1) is 0 Å². The van der Waals surface area contributed by atoms with Gasteiger partial charge in [-0.2, -0.15) is 0 Å². The van der Waals surface area contributed by atoms with E-state index < -0.39 is 47.8 Å². The molecule has 20 heteroatoms. The molecule has 0 aromatic rings. The first kappa shape index (κ1) is 57.2. The van der Waals surface area contributed by atoms with Crippen molar-refractivity contribution in [3.8, 4) is 0 Å². The van der Waals surface area contributed by atoms with Crippen molar-refractivity contribution in [2.24, 2.45) is 56.6 Å². The van der Waals surface area contributed by atoms with E-state index in [1.807, 2.05) is 6.92 Å². The van der Waals surface area contributed by atoms with Crippen LogP contribution in [0.3, 0.4) is 0 Å². The minimum Gasteiger partial charge on any atom is -0.481 e. The molecule has 0 bridgehead atoms. The first-order chi connectivity index (χ1) is 22.6. The van der Waals surface area contributed by atoms with E-state index in [0.29, 0.717) is 19.6 Å². The van der Waals surface area contributed by atoms with E-state index in [-0.39, 0.29) is 43.4 Å². The number of nitrogens with one attached hydrogen (secondary N) is 2. The summed E-state index contributed by atoms with van der Waals surface area (Å²) in [6.45, 7) is 12.1. The Morgan fingerprint density at radius 3 is 1.18 bits per heavy atom. The monoisotopic (exact) mass is 714 g/mol. The number of nitrogens with two attached hydrogens (primary N) is 4. The zero-order valence-corrected chi connectivity index (χ0v) is 30.2. The van der Waals surface area contributed by atoms with Crippen molar-refractivity contribution in [2.45, 2.75) is 53.6 Å². The minimum absolute atomic E-state index is 0.00463. The molecule has 15 N–H and O–H groups in total. The minimum atomic E-state index is -1.05. The topological polar surface area (TPSA) is 366 Å². The fourth-order valence-electron chi connectivity index (χ4n) is 1.82. The molecule has 6 atom stereocenters. The van der Waals surface area contributed by atoms with Crippen LogP contribution in [-0.2, 0) is 33.5 Å². The number of aliphatic carboxylic acids is 5. The normalized spacial score (nSPS) is 13.5. The van der Waals surface area contributed by atoms with Crippen LogP contribution in [0.5, 0.6) is 0 Å². The van der Waals surface area contributed by atoms with Gasteiger partial charge in [0.1, 0.15) is 12.1 Å². The number of esters is 1. The van der Waals surface area contributed by atoms with E-state index in [2.05, 4.69) is 25.4 Å². The summed E-state index contributed by atoms with van der Waals surface area (Å²) in [5.41, 5.74) is 19.8. The number of nitrogens with zero attached hydrogens (tertiary/aromatic N) is 2. The molecule has 20 nitrogen and oxygen atoms in total. The molecule has 6 unspecified atom stereocenters. The SMILES string of the molecule is CC(CN)C(=O)O.CC=NCC(C)C(=O)O.CC=NCC(N)C(=O)O.CNCC(C)C(=O)O.CNCC(C)C(=O)OC.NCC(N)C(=O)O. The van der Waals surface area contributed by atoms with Crippen LogP contribution in [0.2, 0.25) is 0 Å². The van der Waals surface area contributed by atoms with Gasteiger partial charge in [0, 0.05) is 26.2 Å². The molecule has 0 aromatic heterocycles. The quantitative estimate of drug-likeness (QED) is 0.0623. The zero-order valence-electron chi connectivity index (χ0n) is 30.2. The Kier molecular flexibility index (Phi) is 46.8. The summed E-state index contributed by atoms with van der Waals surface area (Å²) in [5, 5.41) is 46.5. The fourth-order valence-corrected chi connectivity index (χ4v) is 1.82. The highest BCUT2D eigenvalue weighted by Gasteiger charge is 2.11.